The van der Waals surface area contributed by atoms with Crippen LogP contribution in [0.3, 0.4) is 0 Å². The predicted octanol–water partition coefficient (Wildman–Crippen LogP) is -1.58. The normalized spacial score (nSPS) is 23.6. The van der Waals surface area contributed by atoms with Crippen LogP contribution >= 0.6 is 0 Å². The van der Waals surface area contributed by atoms with Crippen molar-refractivity contribution >= 4 is 11.8 Å². The highest BCUT2D eigenvalue weighted by Crippen LogP contribution is 2.05. The second-order valence-electron chi connectivity index (χ2n) is 5.28. The number of ether oxygens (including phenoxy) is 1. The van der Waals surface area contributed by atoms with Gasteiger partial charge in [-0.05, 0) is 0 Å². The molecule has 7 heteroatoms. The van der Waals surface area contributed by atoms with E-state index in [1.54, 1.807) is 6.08 Å². The lowest BCUT2D eigenvalue weighted by molar-refractivity contribution is -0.138. The summed E-state index contributed by atoms with van der Waals surface area (Å²) in [6.45, 7) is 9.03. The van der Waals surface area contributed by atoms with Crippen LogP contribution in [-0.2, 0) is 14.3 Å². The van der Waals surface area contributed by atoms with Gasteiger partial charge >= 0.3 is 0 Å². The Labute approximate surface area is 125 Å². The van der Waals surface area contributed by atoms with Gasteiger partial charge in [-0.25, -0.2) is 0 Å². The Balaban J connectivity index is 1.71. The molecule has 0 radical (unpaired) electrons. The summed E-state index contributed by atoms with van der Waals surface area (Å²) in [6.07, 6.45) is 1.66. The fourth-order valence-corrected chi connectivity index (χ4v) is 2.52. The molecule has 0 aromatic heterocycles. The lowest BCUT2D eigenvalue weighted by atomic mass is 10.2. The van der Waals surface area contributed by atoms with Gasteiger partial charge in [-0.3, -0.25) is 14.5 Å². The molecule has 0 spiro atoms. The van der Waals surface area contributed by atoms with E-state index < -0.39 is 0 Å². The third kappa shape index (κ3) is 4.80. The number of nitrogens with zero attached hydrogens (tertiary/aromatic N) is 2. The molecule has 7 nitrogen and oxygen atoms in total. The number of hydrogen-bond acceptors (Lipinski definition) is 5. The summed E-state index contributed by atoms with van der Waals surface area (Å²) in [7, 11) is 0. The van der Waals surface area contributed by atoms with Gasteiger partial charge in [0, 0.05) is 39.3 Å². The third-order valence-corrected chi connectivity index (χ3v) is 3.71. The number of piperazine rings is 1. The van der Waals surface area contributed by atoms with E-state index in [1.807, 2.05) is 4.90 Å². The monoisotopic (exact) mass is 296 g/mol. The van der Waals surface area contributed by atoms with Crippen molar-refractivity contribution in [1.29, 1.82) is 0 Å². The Morgan fingerprint density at radius 2 is 2.10 bits per heavy atom. The summed E-state index contributed by atoms with van der Waals surface area (Å²) in [5.41, 5.74) is 0. The molecule has 0 saturated carbocycles. The number of nitrogens with one attached hydrogen (secondary N) is 2. The Kier molecular flexibility index (Phi) is 6.16. The highest BCUT2D eigenvalue weighted by Gasteiger charge is 2.29. The fourth-order valence-electron chi connectivity index (χ4n) is 2.52. The molecule has 2 heterocycles. The molecule has 1 atom stereocenters. The summed E-state index contributed by atoms with van der Waals surface area (Å²) in [5, 5.41) is 5.94. The lowest BCUT2D eigenvalue weighted by Crippen LogP contribution is -2.57. The first-order valence-corrected chi connectivity index (χ1v) is 7.40. The first kappa shape index (κ1) is 15.9. The van der Waals surface area contributed by atoms with Crippen LogP contribution in [0.4, 0.5) is 0 Å². The summed E-state index contributed by atoms with van der Waals surface area (Å²) < 4.78 is 5.32. The van der Waals surface area contributed by atoms with Crippen LogP contribution in [0.25, 0.3) is 0 Å². The minimum absolute atomic E-state index is 0.00276. The summed E-state index contributed by atoms with van der Waals surface area (Å²) >= 11 is 0. The third-order valence-electron chi connectivity index (χ3n) is 3.71. The van der Waals surface area contributed by atoms with Crippen LogP contribution in [0.15, 0.2) is 12.7 Å². The van der Waals surface area contributed by atoms with Gasteiger partial charge in [0.05, 0.1) is 19.8 Å². The van der Waals surface area contributed by atoms with Gasteiger partial charge in [0.15, 0.2) is 0 Å². The average molecular weight is 296 g/mol. The van der Waals surface area contributed by atoms with Crippen molar-refractivity contribution in [3.05, 3.63) is 12.7 Å². The molecule has 2 N–H and O–H groups in total. The Bertz CT molecular complexity index is 374. The van der Waals surface area contributed by atoms with Crippen molar-refractivity contribution < 1.29 is 14.3 Å². The van der Waals surface area contributed by atoms with Gasteiger partial charge < -0.3 is 20.3 Å². The van der Waals surface area contributed by atoms with Crippen LogP contribution < -0.4 is 10.6 Å². The van der Waals surface area contributed by atoms with Gasteiger partial charge in [0.25, 0.3) is 0 Å². The predicted molar refractivity (Wildman–Crippen MR) is 78.8 cm³/mol. The van der Waals surface area contributed by atoms with Gasteiger partial charge in [-0.2, -0.15) is 0 Å². The maximum atomic E-state index is 12.3. The van der Waals surface area contributed by atoms with Gasteiger partial charge in [0.2, 0.25) is 11.8 Å². The number of hydrogen-bond donors (Lipinski definition) is 2. The van der Waals surface area contributed by atoms with Crippen molar-refractivity contribution in [2.24, 2.45) is 0 Å². The molecule has 0 aliphatic carbocycles. The summed E-state index contributed by atoms with van der Waals surface area (Å²) in [4.78, 5) is 27.8. The highest BCUT2D eigenvalue weighted by molar-refractivity contribution is 5.82. The van der Waals surface area contributed by atoms with Crippen LogP contribution in [0.2, 0.25) is 0 Å². The van der Waals surface area contributed by atoms with Crippen LogP contribution in [0.1, 0.15) is 0 Å². The van der Waals surface area contributed by atoms with Crippen molar-refractivity contribution in [2.45, 2.75) is 6.04 Å². The zero-order valence-electron chi connectivity index (χ0n) is 12.3. The largest absolute Gasteiger partial charge is 0.378 e. The second kappa shape index (κ2) is 8.11. The first-order valence-electron chi connectivity index (χ1n) is 7.40. The zero-order valence-corrected chi connectivity index (χ0v) is 12.3. The Hall–Kier alpha value is -1.44. The molecule has 2 aliphatic heterocycles. The number of morpholine rings is 1. The van der Waals surface area contributed by atoms with E-state index in [0.717, 1.165) is 19.6 Å². The van der Waals surface area contributed by atoms with E-state index in [0.29, 0.717) is 39.4 Å². The maximum Gasteiger partial charge on any atom is 0.242 e. The quantitative estimate of drug-likeness (QED) is 0.599. The topological polar surface area (TPSA) is 73.9 Å². The molecular formula is C14H24N4O3. The van der Waals surface area contributed by atoms with E-state index in [4.69, 9.17) is 4.74 Å². The molecule has 1 unspecified atom stereocenters. The molecule has 2 amide bonds. The number of amides is 2. The molecule has 21 heavy (non-hydrogen) atoms. The molecular weight excluding hydrogens is 272 g/mol. The maximum absolute atomic E-state index is 12.3. The van der Waals surface area contributed by atoms with Crippen LogP contribution in [-0.4, -0.2) is 86.7 Å². The molecule has 2 rings (SSSR count). The standard InChI is InChI=1S/C14H24N4O3/c1-2-3-16-13(19)10-17-5-7-18(8-6-17)14(20)12-11-21-9-4-15-12/h2,12,15H,1,3-11H2,(H,16,19). The molecule has 0 aromatic rings. The van der Waals surface area contributed by atoms with Crippen LogP contribution in [0, 0.1) is 0 Å². The van der Waals surface area contributed by atoms with E-state index in [1.165, 1.54) is 0 Å². The Morgan fingerprint density at radius 3 is 2.71 bits per heavy atom. The molecule has 2 aliphatic rings. The minimum atomic E-state index is -0.221. The molecule has 0 bridgehead atoms. The van der Waals surface area contributed by atoms with Crippen molar-refractivity contribution in [2.75, 3.05) is 59.0 Å². The smallest absolute Gasteiger partial charge is 0.242 e. The molecule has 2 saturated heterocycles. The number of carbonyl (C=O) groups is 2. The zero-order chi connectivity index (χ0) is 15.1. The van der Waals surface area contributed by atoms with Crippen molar-refractivity contribution in [3.8, 4) is 0 Å². The van der Waals surface area contributed by atoms with Crippen molar-refractivity contribution in [1.82, 2.24) is 20.4 Å². The van der Waals surface area contributed by atoms with Gasteiger partial charge in [0.1, 0.15) is 6.04 Å². The van der Waals surface area contributed by atoms with E-state index in [-0.39, 0.29) is 17.9 Å². The second-order valence-corrected chi connectivity index (χ2v) is 5.28. The van der Waals surface area contributed by atoms with Gasteiger partial charge in [-0.1, -0.05) is 6.08 Å². The summed E-state index contributed by atoms with van der Waals surface area (Å²) in [5.74, 6) is 0.0995. The van der Waals surface area contributed by atoms with Crippen molar-refractivity contribution in [3.63, 3.8) is 0 Å². The number of rotatable bonds is 5. The van der Waals surface area contributed by atoms with E-state index >= 15 is 0 Å². The van der Waals surface area contributed by atoms with E-state index in [9.17, 15) is 9.59 Å². The SMILES string of the molecule is C=CCNC(=O)CN1CCN(C(=O)C2COCCN2)CC1. The first-order chi connectivity index (χ1) is 10.2. The Morgan fingerprint density at radius 1 is 1.33 bits per heavy atom. The highest BCUT2D eigenvalue weighted by atomic mass is 16.5. The summed E-state index contributed by atoms with van der Waals surface area (Å²) in [6, 6.07) is -0.221. The lowest BCUT2D eigenvalue weighted by Gasteiger charge is -2.36. The fraction of sp³-hybridized carbons (Fsp3) is 0.714. The van der Waals surface area contributed by atoms with E-state index in [2.05, 4.69) is 22.1 Å². The molecule has 2 fully saturated rings. The van der Waals surface area contributed by atoms with Crippen LogP contribution in [0.5, 0.6) is 0 Å². The number of carbonyl (C=O) groups excluding carboxylic acids is 2. The minimum Gasteiger partial charge on any atom is -0.378 e. The molecule has 0 aromatic carbocycles. The average Bonchev–Trinajstić information content (AvgIpc) is 2.54. The van der Waals surface area contributed by atoms with Gasteiger partial charge in [-0.15, -0.1) is 6.58 Å². The molecule has 118 valence electrons.